The first-order valence-corrected chi connectivity index (χ1v) is 13.0. The molecular formula is C24H24F3N2O10P. The van der Waals surface area contributed by atoms with E-state index >= 15 is 4.39 Å². The minimum atomic E-state index is -4.86. The van der Waals surface area contributed by atoms with Crippen LogP contribution in [0.25, 0.3) is 0 Å². The number of aromatic amines is 1. The summed E-state index contributed by atoms with van der Waals surface area (Å²) >= 11 is 0. The van der Waals surface area contributed by atoms with Gasteiger partial charge in [0.05, 0.1) is 20.8 Å². The molecule has 12 nitrogen and oxygen atoms in total. The van der Waals surface area contributed by atoms with Crippen LogP contribution in [-0.2, 0) is 13.8 Å². The number of aromatic nitrogens is 2. The predicted octanol–water partition coefficient (Wildman–Crippen LogP) is 3.07. The van der Waals surface area contributed by atoms with Gasteiger partial charge in [-0.15, -0.1) is 0 Å². The van der Waals surface area contributed by atoms with Crippen LogP contribution >= 0.6 is 7.82 Å². The van der Waals surface area contributed by atoms with E-state index < -0.39 is 56.2 Å². The molecule has 1 saturated heterocycles. The van der Waals surface area contributed by atoms with E-state index in [1.165, 1.54) is 62.8 Å². The molecule has 0 aliphatic carbocycles. The number of H-pyrrole nitrogens is 1. The summed E-state index contributed by atoms with van der Waals surface area (Å²) in [6.45, 7) is -1.44. The average Bonchev–Trinajstić information content (AvgIpc) is 3.19. The van der Waals surface area contributed by atoms with Gasteiger partial charge in [-0.3, -0.25) is 18.9 Å². The van der Waals surface area contributed by atoms with E-state index in [9.17, 15) is 28.0 Å². The van der Waals surface area contributed by atoms with Crippen molar-refractivity contribution in [1.29, 1.82) is 0 Å². The summed E-state index contributed by atoms with van der Waals surface area (Å²) in [7, 11) is -2.03. The highest BCUT2D eigenvalue weighted by Gasteiger charge is 2.63. The Kier molecular flexibility index (Phi) is 8.59. The SMILES string of the molecule is COc1ccc(OP(=O)(OC[C@@]2(C(F)F)O[C@@H](n3ccc(=O)[nH]c3=O)[C@H](O)[C@H]2F)Oc2ccc(OC)cc2)cc1. The fraction of sp³-hybridized carbons (Fsp3) is 0.333. The predicted molar refractivity (Wildman–Crippen MR) is 132 cm³/mol. The summed E-state index contributed by atoms with van der Waals surface area (Å²) in [5.74, 6) is 0.692. The van der Waals surface area contributed by atoms with E-state index in [0.29, 0.717) is 16.1 Å². The van der Waals surface area contributed by atoms with Crippen molar-refractivity contribution in [3.05, 3.63) is 81.6 Å². The molecule has 2 heterocycles. The van der Waals surface area contributed by atoms with Gasteiger partial charge in [-0.1, -0.05) is 0 Å². The zero-order valence-electron chi connectivity index (χ0n) is 20.9. The summed E-state index contributed by atoms with van der Waals surface area (Å²) < 4.78 is 89.5. The van der Waals surface area contributed by atoms with Crippen molar-refractivity contribution in [3.8, 4) is 23.0 Å². The Balaban J connectivity index is 1.64. The van der Waals surface area contributed by atoms with Crippen molar-refractivity contribution in [2.24, 2.45) is 0 Å². The topological polar surface area (TPSA) is 148 Å². The van der Waals surface area contributed by atoms with E-state index in [1.807, 2.05) is 4.98 Å². The molecule has 2 N–H and O–H groups in total. The minimum absolute atomic E-state index is 0.0782. The highest BCUT2D eigenvalue weighted by atomic mass is 31.2. The second-order valence-electron chi connectivity index (χ2n) is 8.43. The highest BCUT2D eigenvalue weighted by molar-refractivity contribution is 7.49. The number of hydrogen-bond acceptors (Lipinski definition) is 10. The quantitative estimate of drug-likeness (QED) is 0.320. The van der Waals surface area contributed by atoms with E-state index in [4.69, 9.17) is 27.8 Å². The Morgan fingerprint density at radius 1 is 0.975 bits per heavy atom. The number of nitrogens with zero attached hydrogens (tertiary/aromatic N) is 1. The van der Waals surface area contributed by atoms with E-state index in [0.717, 1.165) is 12.3 Å². The summed E-state index contributed by atoms with van der Waals surface area (Å²) in [5.41, 5.74) is -5.19. The van der Waals surface area contributed by atoms with Gasteiger partial charge in [-0.2, -0.15) is 0 Å². The van der Waals surface area contributed by atoms with Crippen LogP contribution in [0.5, 0.6) is 23.0 Å². The molecule has 4 rings (SSSR count). The number of methoxy groups -OCH3 is 2. The van der Waals surface area contributed by atoms with Gasteiger partial charge in [-0.05, 0) is 48.5 Å². The van der Waals surface area contributed by atoms with E-state index in [1.54, 1.807) is 0 Å². The van der Waals surface area contributed by atoms with Crippen LogP contribution in [0.15, 0.2) is 70.4 Å². The fourth-order valence-corrected chi connectivity index (χ4v) is 5.04. The standard InChI is InChI=1S/C24H24F3N2O10P/c1-34-14-3-7-16(8-4-14)38-40(33,39-17-9-5-15(35-2)6-10-17)36-13-24(22(26)27)20(25)19(31)21(37-24)29-12-11-18(30)28-23(29)32/h3-12,19-22,31H,13H2,1-2H3,(H,28,30,32)/t19-,20-,21-,24-/m1/s1. The molecule has 16 heteroatoms. The van der Waals surface area contributed by atoms with Gasteiger partial charge >= 0.3 is 13.5 Å². The Morgan fingerprint density at radius 2 is 1.48 bits per heavy atom. The molecular weight excluding hydrogens is 564 g/mol. The number of nitrogens with one attached hydrogen (secondary N) is 1. The lowest BCUT2D eigenvalue weighted by atomic mass is 9.98. The zero-order valence-corrected chi connectivity index (χ0v) is 21.8. The number of phosphoric ester groups is 1. The van der Waals surface area contributed by atoms with Crippen molar-refractivity contribution < 1.29 is 50.6 Å². The molecule has 3 aromatic rings. The maximum Gasteiger partial charge on any atom is 0.587 e. The maximum atomic E-state index is 15.3. The number of aliphatic hydroxyl groups is 1. The number of hydrogen-bond donors (Lipinski definition) is 2. The van der Waals surface area contributed by atoms with Crippen molar-refractivity contribution >= 4 is 7.82 Å². The molecule has 1 aromatic heterocycles. The number of rotatable bonds is 11. The van der Waals surface area contributed by atoms with Crippen molar-refractivity contribution in [3.63, 3.8) is 0 Å². The molecule has 1 aliphatic heterocycles. The molecule has 0 spiro atoms. The average molecular weight is 588 g/mol. The third-order valence-electron chi connectivity index (χ3n) is 5.90. The first-order valence-electron chi connectivity index (χ1n) is 11.5. The van der Waals surface area contributed by atoms with Crippen LogP contribution in [0, 0.1) is 0 Å². The van der Waals surface area contributed by atoms with Crippen LogP contribution < -0.4 is 29.8 Å². The normalized spacial score (nSPS) is 22.7. The van der Waals surface area contributed by atoms with Gasteiger partial charge in [0.25, 0.3) is 12.0 Å². The lowest BCUT2D eigenvalue weighted by Crippen LogP contribution is -2.50. The Morgan fingerprint density at radius 3 is 1.93 bits per heavy atom. The van der Waals surface area contributed by atoms with Gasteiger partial charge in [-0.25, -0.2) is 22.5 Å². The van der Waals surface area contributed by atoms with Gasteiger partial charge in [0.15, 0.2) is 18.0 Å². The maximum absolute atomic E-state index is 15.3. The summed E-state index contributed by atoms with van der Waals surface area (Å²) in [6.07, 6.45) is -9.94. The van der Waals surface area contributed by atoms with Crippen molar-refractivity contribution in [1.82, 2.24) is 9.55 Å². The number of alkyl halides is 3. The number of benzene rings is 2. The van der Waals surface area contributed by atoms with E-state index in [2.05, 4.69) is 0 Å². The lowest BCUT2D eigenvalue weighted by Gasteiger charge is -2.30. The molecule has 1 aliphatic rings. The van der Waals surface area contributed by atoms with Crippen molar-refractivity contribution in [2.75, 3.05) is 20.8 Å². The van der Waals surface area contributed by atoms with Crippen LogP contribution in [-0.4, -0.2) is 59.8 Å². The van der Waals surface area contributed by atoms with Gasteiger partial charge < -0.3 is 28.4 Å². The number of ether oxygens (including phenoxy) is 3. The van der Waals surface area contributed by atoms with Crippen LogP contribution in [0.3, 0.4) is 0 Å². The molecule has 0 amide bonds. The monoisotopic (exact) mass is 588 g/mol. The Bertz CT molecular complexity index is 1410. The van der Waals surface area contributed by atoms with Gasteiger partial charge in [0.2, 0.25) is 0 Å². The molecule has 2 aromatic carbocycles. The second kappa shape index (κ2) is 11.8. The third kappa shape index (κ3) is 6.02. The summed E-state index contributed by atoms with van der Waals surface area (Å²) in [6, 6.07) is 12.0. The smallest absolute Gasteiger partial charge is 0.497 e. The van der Waals surface area contributed by atoms with Crippen LogP contribution in [0.4, 0.5) is 13.2 Å². The number of phosphoric acid groups is 1. The molecule has 40 heavy (non-hydrogen) atoms. The van der Waals surface area contributed by atoms with E-state index in [-0.39, 0.29) is 11.5 Å². The molecule has 0 bridgehead atoms. The molecule has 4 atom stereocenters. The molecule has 0 saturated carbocycles. The second-order valence-corrected chi connectivity index (χ2v) is 9.95. The first kappa shape index (κ1) is 29.2. The molecule has 0 radical (unpaired) electrons. The molecule has 0 unspecified atom stereocenters. The first-order chi connectivity index (χ1) is 19.0. The summed E-state index contributed by atoms with van der Waals surface area (Å²) in [4.78, 5) is 25.4. The third-order valence-corrected chi connectivity index (χ3v) is 7.21. The van der Waals surface area contributed by atoms with Gasteiger partial charge in [0.1, 0.15) is 29.1 Å². The van der Waals surface area contributed by atoms with Crippen LogP contribution in [0.1, 0.15) is 6.23 Å². The zero-order chi connectivity index (χ0) is 29.1. The van der Waals surface area contributed by atoms with Crippen molar-refractivity contribution in [2.45, 2.75) is 30.5 Å². The highest BCUT2D eigenvalue weighted by Crippen LogP contribution is 2.53. The number of halogens is 3. The summed E-state index contributed by atoms with van der Waals surface area (Å²) in [5, 5.41) is 10.4. The number of aliphatic hydroxyl groups excluding tert-OH is 1. The Labute approximate surface area is 224 Å². The minimum Gasteiger partial charge on any atom is -0.497 e. The largest absolute Gasteiger partial charge is 0.587 e. The molecule has 1 fully saturated rings. The Hall–Kier alpha value is -3.78. The van der Waals surface area contributed by atoms with Crippen LogP contribution in [0.2, 0.25) is 0 Å². The van der Waals surface area contributed by atoms with Gasteiger partial charge in [0, 0.05) is 12.3 Å². The molecule has 216 valence electrons. The fourth-order valence-electron chi connectivity index (χ4n) is 3.77. The lowest BCUT2D eigenvalue weighted by molar-refractivity contribution is -0.184.